The van der Waals surface area contributed by atoms with E-state index in [9.17, 15) is 4.79 Å². The smallest absolute Gasteiger partial charge is 0.410 e. The molecule has 0 aliphatic carbocycles. The fraction of sp³-hybridized carbons (Fsp3) is 0.304. The number of carbonyl (C=O) groups excluding carboxylic acids is 1. The number of carbonyl (C=O) groups is 1. The number of aromatic amines is 1. The Kier molecular flexibility index (Phi) is 4.35. The molecule has 0 atom stereocenters. The third-order valence-electron chi connectivity index (χ3n) is 4.97. The number of ether oxygens (including phenoxy) is 1. The van der Waals surface area contributed by atoms with Gasteiger partial charge in [-0.05, 0) is 56.2 Å². The first-order valence-corrected chi connectivity index (χ1v) is 9.46. The third kappa shape index (κ3) is 3.46. The quantitative estimate of drug-likeness (QED) is 0.652. The highest BCUT2D eigenvalue weighted by Gasteiger charge is 2.27. The number of nitrogens with one attached hydrogen (secondary N) is 1. The van der Waals surface area contributed by atoms with E-state index < -0.39 is 5.60 Å². The number of nitriles is 1. The molecule has 2 aromatic carbocycles. The van der Waals surface area contributed by atoms with Gasteiger partial charge in [0.1, 0.15) is 5.60 Å². The van der Waals surface area contributed by atoms with Crippen LogP contribution in [-0.2, 0) is 17.7 Å². The summed E-state index contributed by atoms with van der Waals surface area (Å²) in [5, 5.41) is 10.1. The normalized spacial score (nSPS) is 13.9. The van der Waals surface area contributed by atoms with Crippen molar-refractivity contribution in [2.45, 2.75) is 39.3 Å². The summed E-state index contributed by atoms with van der Waals surface area (Å²) < 4.78 is 5.55. The number of amides is 1. The number of hydrogen-bond acceptors (Lipinski definition) is 3. The summed E-state index contributed by atoms with van der Waals surface area (Å²) in [6.45, 7) is 6.85. The summed E-state index contributed by atoms with van der Waals surface area (Å²) in [7, 11) is 0. The lowest BCUT2D eigenvalue weighted by Crippen LogP contribution is -2.39. The predicted octanol–water partition coefficient (Wildman–Crippen LogP) is 5.00. The standard InChI is InChI=1S/C23H23N3O2/c1-23(2,3)28-22(27)26-11-10-21-19(14-26)18-12-17(8-9-20(18)25-21)16-6-4-15(13-24)5-7-16/h4-9,12,25H,10-11,14H2,1-3H3. The van der Waals surface area contributed by atoms with Gasteiger partial charge in [-0.2, -0.15) is 5.26 Å². The number of nitrogens with zero attached hydrogens (tertiary/aromatic N) is 2. The van der Waals surface area contributed by atoms with Crippen molar-refractivity contribution in [2.75, 3.05) is 6.54 Å². The third-order valence-corrected chi connectivity index (χ3v) is 4.97. The number of rotatable bonds is 1. The van der Waals surface area contributed by atoms with Crippen LogP contribution < -0.4 is 0 Å². The zero-order chi connectivity index (χ0) is 19.9. The van der Waals surface area contributed by atoms with Gasteiger partial charge in [-0.25, -0.2) is 4.79 Å². The molecule has 1 amide bonds. The molecule has 4 rings (SSSR count). The van der Waals surface area contributed by atoms with Crippen molar-refractivity contribution < 1.29 is 9.53 Å². The molecule has 1 aromatic heterocycles. The van der Waals surface area contributed by atoms with E-state index in [-0.39, 0.29) is 6.09 Å². The van der Waals surface area contributed by atoms with E-state index in [4.69, 9.17) is 10.00 Å². The fourth-order valence-corrected chi connectivity index (χ4v) is 3.61. The van der Waals surface area contributed by atoms with Crippen molar-refractivity contribution in [3.8, 4) is 17.2 Å². The number of H-pyrrole nitrogens is 1. The first-order valence-electron chi connectivity index (χ1n) is 9.46. The number of hydrogen-bond donors (Lipinski definition) is 1. The molecule has 0 bridgehead atoms. The van der Waals surface area contributed by atoms with Gasteiger partial charge in [0.15, 0.2) is 0 Å². The highest BCUT2D eigenvalue weighted by Crippen LogP contribution is 2.32. The molecule has 1 N–H and O–H groups in total. The van der Waals surface area contributed by atoms with E-state index in [0.717, 1.165) is 34.0 Å². The van der Waals surface area contributed by atoms with Gasteiger partial charge in [0.2, 0.25) is 0 Å². The topological polar surface area (TPSA) is 69.1 Å². The van der Waals surface area contributed by atoms with Crippen LogP contribution in [0.2, 0.25) is 0 Å². The van der Waals surface area contributed by atoms with E-state index in [1.165, 1.54) is 5.69 Å². The van der Waals surface area contributed by atoms with E-state index in [0.29, 0.717) is 18.7 Å². The van der Waals surface area contributed by atoms with Crippen LogP contribution in [0.3, 0.4) is 0 Å². The van der Waals surface area contributed by atoms with Crippen molar-refractivity contribution in [1.82, 2.24) is 9.88 Å². The van der Waals surface area contributed by atoms with Gasteiger partial charge in [0.05, 0.1) is 18.2 Å². The van der Waals surface area contributed by atoms with E-state index in [1.54, 1.807) is 4.90 Å². The van der Waals surface area contributed by atoms with Gasteiger partial charge in [-0.3, -0.25) is 0 Å². The van der Waals surface area contributed by atoms with Crippen molar-refractivity contribution in [1.29, 1.82) is 5.26 Å². The Bertz CT molecular complexity index is 1080. The summed E-state index contributed by atoms with van der Waals surface area (Å²) in [6.07, 6.45) is 0.519. The second-order valence-electron chi connectivity index (χ2n) is 8.18. The molecule has 1 aliphatic heterocycles. The monoisotopic (exact) mass is 373 g/mol. The molecular weight excluding hydrogens is 350 g/mol. The minimum Gasteiger partial charge on any atom is -0.444 e. The lowest BCUT2D eigenvalue weighted by Gasteiger charge is -2.30. The second kappa shape index (κ2) is 6.72. The minimum absolute atomic E-state index is 0.268. The molecule has 1 aliphatic rings. The molecule has 28 heavy (non-hydrogen) atoms. The molecule has 142 valence electrons. The van der Waals surface area contributed by atoms with Gasteiger partial charge in [0.25, 0.3) is 0 Å². The summed E-state index contributed by atoms with van der Waals surface area (Å²) in [5.41, 5.74) is 5.73. The van der Waals surface area contributed by atoms with Crippen LogP contribution in [-0.4, -0.2) is 28.1 Å². The van der Waals surface area contributed by atoms with Gasteiger partial charge in [-0.1, -0.05) is 18.2 Å². The van der Waals surface area contributed by atoms with Gasteiger partial charge >= 0.3 is 6.09 Å². The number of benzene rings is 2. The molecule has 0 fully saturated rings. The molecule has 0 saturated heterocycles. The summed E-state index contributed by atoms with van der Waals surface area (Å²) in [6, 6.07) is 16.1. The van der Waals surface area contributed by atoms with Crippen LogP contribution in [0.25, 0.3) is 22.0 Å². The maximum absolute atomic E-state index is 12.5. The van der Waals surface area contributed by atoms with Crippen LogP contribution in [0.5, 0.6) is 0 Å². The van der Waals surface area contributed by atoms with E-state index in [2.05, 4.69) is 29.3 Å². The molecular formula is C23H23N3O2. The molecule has 0 radical (unpaired) electrons. The Morgan fingerprint density at radius 1 is 1.14 bits per heavy atom. The van der Waals surface area contributed by atoms with Crippen LogP contribution in [0, 0.1) is 11.3 Å². The lowest BCUT2D eigenvalue weighted by atomic mass is 9.99. The van der Waals surface area contributed by atoms with Crippen LogP contribution in [0.1, 0.15) is 37.6 Å². The van der Waals surface area contributed by atoms with Gasteiger partial charge in [0, 0.05) is 35.1 Å². The maximum Gasteiger partial charge on any atom is 0.410 e. The number of aromatic nitrogens is 1. The molecule has 0 spiro atoms. The summed E-state index contributed by atoms with van der Waals surface area (Å²) >= 11 is 0. The average Bonchev–Trinajstić information content (AvgIpc) is 3.03. The molecule has 3 aromatic rings. The zero-order valence-electron chi connectivity index (χ0n) is 16.4. The van der Waals surface area contributed by atoms with Gasteiger partial charge in [-0.15, -0.1) is 0 Å². The molecule has 5 heteroatoms. The Morgan fingerprint density at radius 2 is 1.86 bits per heavy atom. The largest absolute Gasteiger partial charge is 0.444 e. The Balaban J connectivity index is 1.67. The van der Waals surface area contributed by atoms with Gasteiger partial charge < -0.3 is 14.6 Å². The summed E-state index contributed by atoms with van der Waals surface area (Å²) in [4.78, 5) is 17.8. The maximum atomic E-state index is 12.5. The van der Waals surface area contributed by atoms with Crippen LogP contribution in [0.15, 0.2) is 42.5 Å². The highest BCUT2D eigenvalue weighted by atomic mass is 16.6. The van der Waals surface area contributed by atoms with Crippen molar-refractivity contribution >= 4 is 17.0 Å². The minimum atomic E-state index is -0.500. The fourth-order valence-electron chi connectivity index (χ4n) is 3.61. The van der Waals surface area contributed by atoms with Crippen molar-refractivity contribution in [3.63, 3.8) is 0 Å². The lowest BCUT2D eigenvalue weighted by molar-refractivity contribution is 0.0224. The zero-order valence-corrected chi connectivity index (χ0v) is 16.4. The molecule has 2 heterocycles. The first kappa shape index (κ1) is 18.1. The van der Waals surface area contributed by atoms with E-state index in [1.807, 2.05) is 45.0 Å². The Labute approximate surface area is 164 Å². The SMILES string of the molecule is CC(C)(C)OC(=O)N1CCc2[nH]c3ccc(-c4ccc(C#N)cc4)cc3c2C1. The van der Waals surface area contributed by atoms with E-state index >= 15 is 0 Å². The molecule has 5 nitrogen and oxygen atoms in total. The Hall–Kier alpha value is -3.26. The highest BCUT2D eigenvalue weighted by molar-refractivity contribution is 5.89. The van der Waals surface area contributed by atoms with Crippen LogP contribution in [0.4, 0.5) is 4.79 Å². The van der Waals surface area contributed by atoms with Crippen LogP contribution >= 0.6 is 0 Å². The molecule has 0 saturated carbocycles. The predicted molar refractivity (Wildman–Crippen MR) is 109 cm³/mol. The molecule has 0 unspecified atom stereocenters. The average molecular weight is 373 g/mol. The second-order valence-corrected chi connectivity index (χ2v) is 8.18. The number of fused-ring (bicyclic) bond motifs is 3. The van der Waals surface area contributed by atoms with Crippen molar-refractivity contribution in [2.24, 2.45) is 0 Å². The summed E-state index contributed by atoms with van der Waals surface area (Å²) in [5.74, 6) is 0. The first-order chi connectivity index (χ1) is 13.3. The van der Waals surface area contributed by atoms with Crippen molar-refractivity contribution in [3.05, 3.63) is 59.3 Å². The Morgan fingerprint density at radius 3 is 2.54 bits per heavy atom.